The first-order chi connectivity index (χ1) is 62.5. The van der Waals surface area contributed by atoms with Crippen molar-refractivity contribution in [3.63, 3.8) is 0 Å². The van der Waals surface area contributed by atoms with Crippen molar-refractivity contribution in [1.29, 1.82) is 0 Å². The second kappa shape index (κ2) is 51.8. The second-order valence-electron chi connectivity index (χ2n) is 39.3. The van der Waals surface area contributed by atoms with Crippen LogP contribution in [0.25, 0.3) is 0 Å². The van der Waals surface area contributed by atoms with E-state index in [0.717, 1.165) is 50.1 Å². The van der Waals surface area contributed by atoms with Crippen molar-refractivity contribution in [1.82, 2.24) is 63.7 Å². The van der Waals surface area contributed by atoms with Crippen molar-refractivity contribution in [3.8, 4) is 0 Å². The van der Waals surface area contributed by atoms with Gasteiger partial charge in [-0.3, -0.25) is 81.3 Å². The number of hydrogen-bond donors (Lipinski definition) is 17. The first-order valence-electron chi connectivity index (χ1n) is 44.5. The molecule has 20 atom stereocenters. The average Bonchev–Trinajstić information content (AvgIpc) is 1.68. The van der Waals surface area contributed by atoms with E-state index in [2.05, 4.69) is 145 Å². The number of aliphatic hydroxyl groups is 9. The first-order valence-corrected chi connectivity index (χ1v) is 60.6. The highest BCUT2D eigenvalue weighted by Gasteiger charge is 2.49. The van der Waals surface area contributed by atoms with Crippen molar-refractivity contribution < 1.29 is 84.0 Å². The van der Waals surface area contributed by atoms with Gasteiger partial charge in [0.2, 0.25) is 0 Å². The Morgan fingerprint density at radius 1 is 0.356 bits per heavy atom. The van der Waals surface area contributed by atoms with E-state index in [9.17, 15) is 93.9 Å². The van der Waals surface area contributed by atoms with Gasteiger partial charge < -0.3 is 90.3 Å². The van der Waals surface area contributed by atoms with Gasteiger partial charge >= 0.3 is 17.1 Å². The summed E-state index contributed by atoms with van der Waals surface area (Å²) in [6.07, 6.45) is 22.4. The fourth-order valence-electron chi connectivity index (χ4n) is 14.8. The minimum absolute atomic E-state index is 0.102. The molecule has 5 aliphatic heterocycles. The number of Topliss-reactive ketones (excluding diaryl/α,β-unsaturated/α-hetero) is 2. The maximum atomic E-state index is 12.3. The number of nitrogens with one attached hydrogen (secondary N) is 8. The number of aromatic nitrogens is 10. The third-order valence-electron chi connectivity index (χ3n) is 22.4. The molecule has 5 fully saturated rings. The molecule has 0 spiro atoms. The lowest BCUT2D eigenvalue weighted by molar-refractivity contribution is -0.117. The summed E-state index contributed by atoms with van der Waals surface area (Å²) in [6.45, 7) is 32.1. The molecule has 0 aliphatic carbocycles. The van der Waals surface area contributed by atoms with Gasteiger partial charge in [-0.2, -0.15) is 0 Å². The smallest absolute Gasteiger partial charge is 0.330 e. The maximum absolute atomic E-state index is 12.3. The van der Waals surface area contributed by atoms with E-state index < -0.39 is 185 Å². The number of ketones is 2. The number of rotatable bonds is 37. The number of allylic oxidation sites excluding steroid dienone is 3. The van der Waals surface area contributed by atoms with E-state index in [4.69, 9.17) is 52.9 Å². The van der Waals surface area contributed by atoms with E-state index >= 15 is 0 Å². The van der Waals surface area contributed by atoms with E-state index in [1.54, 1.807) is 24.1 Å². The van der Waals surface area contributed by atoms with Gasteiger partial charge in [0, 0.05) is 118 Å². The fourth-order valence-corrected chi connectivity index (χ4v) is 20.1. The van der Waals surface area contributed by atoms with Crippen LogP contribution in [0.1, 0.15) is 146 Å². The van der Waals surface area contributed by atoms with Crippen LogP contribution in [0.15, 0.2) is 104 Å². The highest BCUT2D eigenvalue weighted by Crippen LogP contribution is 2.45. The van der Waals surface area contributed by atoms with Crippen LogP contribution in [0.5, 0.6) is 0 Å². The molecule has 0 amide bonds. The highest BCUT2D eigenvalue weighted by molar-refractivity contribution is 7.73. The maximum Gasteiger partial charge on any atom is 0.330 e. The molecule has 38 nitrogen and oxygen atoms in total. The predicted octanol–water partition coefficient (Wildman–Crippen LogP) is 3.10. The Morgan fingerprint density at radius 3 is 0.815 bits per heavy atom. The van der Waals surface area contributed by atoms with Crippen molar-refractivity contribution in [2.24, 2.45) is 0 Å². The molecular weight excluding hydrogens is 1880 g/mol. The molecule has 0 unspecified atom stereocenters. The minimum atomic E-state index is -1.32. The molecule has 10 heterocycles. The monoisotopic (exact) mass is 2030 g/mol. The first kappa shape index (κ1) is 117. The van der Waals surface area contributed by atoms with Gasteiger partial charge in [0.05, 0.1) is 30.5 Å². The zero-order valence-electron chi connectivity index (χ0n) is 81.3. The third kappa shape index (κ3) is 36.6. The van der Waals surface area contributed by atoms with Gasteiger partial charge in [-0.05, 0) is 209 Å². The molecule has 5 aromatic heterocycles. The van der Waals surface area contributed by atoms with Crippen LogP contribution < -0.4 is 60.8 Å². The van der Waals surface area contributed by atoms with E-state index in [1.165, 1.54) is 48.2 Å². The Hall–Kier alpha value is -6.42. The number of nitrogens with zero attached hydrogens (tertiary/aromatic N) is 5. The van der Waals surface area contributed by atoms with E-state index in [0.29, 0.717) is 81.5 Å². The van der Waals surface area contributed by atoms with E-state index in [1.807, 2.05) is 53.7 Å². The summed E-state index contributed by atoms with van der Waals surface area (Å²) in [6, 6.07) is 0. The normalized spacial score (nSPS) is 25.6. The Balaban J connectivity index is 0.000000260. The van der Waals surface area contributed by atoms with Crippen LogP contribution in [0, 0.1) is 9.54 Å². The number of methoxy groups -OCH3 is 1. The van der Waals surface area contributed by atoms with Crippen LogP contribution in [-0.2, 0) is 70.5 Å². The summed E-state index contributed by atoms with van der Waals surface area (Å²) in [7, 11) is 1.54. The molecule has 0 aromatic carbocycles. The molecular formula is C90H148N13O25P5S2. The number of carbonyl (C=O) groups is 2. The lowest BCUT2D eigenvalue weighted by atomic mass is 10.1. The van der Waals surface area contributed by atoms with Crippen molar-refractivity contribution in [3.05, 3.63) is 187 Å². The topological polar surface area (TPSA) is 548 Å². The lowest BCUT2D eigenvalue weighted by Gasteiger charge is -2.22. The molecule has 5 aromatic rings. The zero-order valence-corrected chi connectivity index (χ0v) is 87.4. The molecule has 0 radical (unpaired) electrons. The van der Waals surface area contributed by atoms with Crippen molar-refractivity contribution in [2.75, 3.05) is 124 Å². The minimum Gasteiger partial charge on any atom is -0.388 e. The Labute approximate surface area is 798 Å². The Kier molecular flexibility index (Phi) is 45.0. The predicted molar refractivity (Wildman–Crippen MR) is 549 cm³/mol. The molecule has 17 N–H and O–H groups in total. The molecule has 5 saturated heterocycles. The van der Waals surface area contributed by atoms with Gasteiger partial charge in [-0.25, -0.2) is 14.4 Å². The summed E-state index contributed by atoms with van der Waals surface area (Å²) < 4.78 is 41.6. The largest absolute Gasteiger partial charge is 0.388 e. The average molecular weight is 2030 g/mol. The van der Waals surface area contributed by atoms with Crippen molar-refractivity contribution >= 4 is 102 Å². The SMILES string of the molecule is C=P(C)(C)CC[C@H]1O[C@@H](n2cc(CC(C)=O)c(=O)[nH]c2=O)[C@H](O)[C@@H]1O.C=P(C)(C)CC[C@H]1O[C@@H](n2cc(CC(C)=O)c(=O)[nH]c2=O)[C@H](O)[C@@H]1O.C=P(C)(C)CC[C@H]1O[C@@H](n2cc(CNCC=C(C)C)c(=O)[nH]c2=O)[C@H](O)[C@@H]1O.C=P(C)(C)CC[C@H]1O[C@@H](n2cc(CNCC=C(C)C)c(=O)[nH]c2=S)[C@H](O)[C@@H]1O.C=P(C)(C)CC[C@H]1O[C@@H](n2cc(CNCC=C(C)C)c(=O)[nH]c2=S)[C@H](OC)[C@@H]1O. The molecule has 135 heavy (non-hydrogen) atoms. The van der Waals surface area contributed by atoms with Crippen LogP contribution in [-0.4, -0.2) is 353 Å². The number of aromatic amines is 5. The number of aliphatic hydroxyl groups excluding tert-OH is 9. The van der Waals surface area contributed by atoms with Crippen molar-refractivity contribution in [2.45, 2.75) is 243 Å². The van der Waals surface area contributed by atoms with Crippen LogP contribution >= 0.6 is 58.9 Å². The lowest BCUT2D eigenvalue weighted by Crippen LogP contribution is -2.39. The summed E-state index contributed by atoms with van der Waals surface area (Å²) in [5.74, 6) is -0.466. The molecule has 10 rings (SSSR count). The van der Waals surface area contributed by atoms with E-state index in [-0.39, 0.29) is 68.8 Å². The van der Waals surface area contributed by atoms with Gasteiger partial charge in [0.25, 0.3) is 27.8 Å². The third-order valence-corrected chi connectivity index (χ3v) is 30.4. The van der Waals surface area contributed by atoms with Crippen LogP contribution in [0.4, 0.5) is 0 Å². The highest BCUT2D eigenvalue weighted by atomic mass is 32.1. The van der Waals surface area contributed by atoms with Gasteiger partial charge in [-0.1, -0.05) is 34.9 Å². The fraction of sp³-hybridized carbons (Fsp3) is 0.633. The number of ether oxygens (including phenoxy) is 6. The molecule has 0 bridgehead atoms. The van der Waals surface area contributed by atoms with Gasteiger partial charge in [0.15, 0.2) is 40.7 Å². The molecule has 45 heteroatoms. The second-order valence-corrected chi connectivity index (χ2v) is 61.6. The van der Waals surface area contributed by atoms with Gasteiger partial charge in [0.1, 0.15) is 72.6 Å². The standard InChI is InChI=1S/C20H34N3O4PS.C19H32N3O5P.C19H32N3O4PS.2C16H25N2O6P/c1-13(2)7-9-21-11-14-12-23(20(29)22-18(14)25)19-17(26-3)16(24)15(27-19)8-10-28(4,5)6;1-12(2)6-8-20-10-13-11-22(19(26)21-17(13)25)18-16(24)15(23)14(27-18)7-9-28(3,4)5;1-12(2)6-8-20-10-13-11-22(19(28)21-17(13)25)18-16(24)15(23)14(26-18)7-9-27(3,4)5;2*1-9(19)7-10-8-18(16(23)17-14(10)22)15-13(21)12(20)11(24-15)5-6-25(2,3)4/h7,12,15-17,19,21,24H,4,8-11H2,1-3,5-6H3,(H,22,25,29);6,11,14-16,18,20,23-24H,3,7-10H2,1-2,4-5H3,(H,21,25,26);6,11,14-16,18,20,23-24H,3,7-10H2,1-2,4-5H3,(H,21,25,28);2*8,11-13,15,20-21H,2,5-7H2,1,3-4H3,(H,17,22,23)/t15-,16-,17-,19-;2*14-,15-,16-,18-;2*11-,12-,13-,15-/m11111/s1. The summed E-state index contributed by atoms with van der Waals surface area (Å²) in [5, 5.41) is 103. The molecule has 0 saturated carbocycles. The summed E-state index contributed by atoms with van der Waals surface area (Å²) >= 11 is 10.6. The van der Waals surface area contributed by atoms with Crippen LogP contribution in [0.3, 0.4) is 0 Å². The summed E-state index contributed by atoms with van der Waals surface area (Å²) in [5.41, 5.74) is 0.620. The molecule has 5 aliphatic rings. The zero-order chi connectivity index (χ0) is 102. The Bertz CT molecular complexity index is 5590. The quantitative estimate of drug-likeness (QED) is 0.0118. The van der Waals surface area contributed by atoms with Crippen LogP contribution in [0.2, 0.25) is 0 Å². The Morgan fingerprint density at radius 2 is 0.570 bits per heavy atom. The summed E-state index contributed by atoms with van der Waals surface area (Å²) in [4.78, 5) is 131. The number of hydrogen-bond acceptors (Lipinski definition) is 30. The number of H-pyrrole nitrogens is 5. The van der Waals surface area contributed by atoms with Gasteiger partial charge in [-0.15, -0.1) is 65.9 Å². The number of carbonyl (C=O) groups excluding carboxylic acids is 2. The molecule has 760 valence electrons.